The van der Waals surface area contributed by atoms with Gasteiger partial charge in [0.2, 0.25) is 0 Å². The van der Waals surface area contributed by atoms with E-state index in [0.717, 1.165) is 0 Å². The average Bonchev–Trinajstić information content (AvgIpc) is 2.09. The number of methoxy groups -OCH3 is 1. The Morgan fingerprint density at radius 1 is 1.58 bits per heavy atom. The lowest BCUT2D eigenvalue weighted by atomic mass is 10.2. The fourth-order valence-electron chi connectivity index (χ4n) is 0.810. The zero-order valence-corrected chi connectivity index (χ0v) is 7.25. The molecule has 3 nitrogen and oxygen atoms in total. The number of oxime groups is 1. The molecule has 0 unspecified atom stereocenters. The second kappa shape index (κ2) is 3.97. The number of rotatable bonds is 2. The fourth-order valence-corrected chi connectivity index (χ4v) is 0.976. The molecule has 0 fully saturated rings. The summed E-state index contributed by atoms with van der Waals surface area (Å²) in [6.45, 7) is 0. The van der Waals surface area contributed by atoms with Crippen LogP contribution in [0.5, 0.6) is 5.75 Å². The summed E-state index contributed by atoms with van der Waals surface area (Å²) in [5, 5.41) is 11.7. The molecule has 1 N–H and O–H groups in total. The van der Waals surface area contributed by atoms with Crippen molar-refractivity contribution in [2.24, 2.45) is 5.16 Å². The summed E-state index contributed by atoms with van der Waals surface area (Å²) in [5.41, 5.74) is 0.624. The molecular formula is C8H8ClNO2. The number of hydrogen-bond acceptors (Lipinski definition) is 3. The molecular weight excluding hydrogens is 178 g/mol. The second-order valence-electron chi connectivity index (χ2n) is 2.13. The van der Waals surface area contributed by atoms with Gasteiger partial charge in [-0.3, -0.25) is 0 Å². The Bertz CT molecular complexity index is 299. The summed E-state index contributed by atoms with van der Waals surface area (Å²) in [4.78, 5) is 0. The minimum atomic E-state index is 0.522. The molecule has 1 rings (SSSR count). The van der Waals surface area contributed by atoms with E-state index in [0.29, 0.717) is 16.3 Å². The molecule has 0 saturated heterocycles. The molecule has 4 heteroatoms. The lowest BCUT2D eigenvalue weighted by molar-refractivity contribution is 0.322. The minimum absolute atomic E-state index is 0.522. The quantitative estimate of drug-likeness (QED) is 0.436. The summed E-state index contributed by atoms with van der Waals surface area (Å²) in [6.07, 6.45) is 1.25. The molecule has 0 heterocycles. The van der Waals surface area contributed by atoms with E-state index in [1.165, 1.54) is 6.21 Å². The molecule has 0 aliphatic heterocycles. The molecule has 12 heavy (non-hydrogen) atoms. The monoisotopic (exact) mass is 185 g/mol. The topological polar surface area (TPSA) is 41.8 Å². The Morgan fingerprint density at radius 3 is 2.92 bits per heavy atom. The van der Waals surface area contributed by atoms with Gasteiger partial charge in [-0.05, 0) is 18.2 Å². The maximum Gasteiger partial charge on any atom is 0.119 e. The van der Waals surface area contributed by atoms with Crippen LogP contribution in [0, 0.1) is 0 Å². The standard InChI is InChI=1S/C8H8ClNO2/c1-12-7-2-3-8(9)6(4-7)5-10-11/h2-5,11H,1H3. The van der Waals surface area contributed by atoms with Crippen molar-refractivity contribution in [2.45, 2.75) is 0 Å². The summed E-state index contributed by atoms with van der Waals surface area (Å²) < 4.78 is 4.95. The first-order valence-corrected chi connectivity index (χ1v) is 3.66. The zero-order chi connectivity index (χ0) is 8.97. The molecule has 0 radical (unpaired) electrons. The maximum absolute atomic E-state index is 8.28. The largest absolute Gasteiger partial charge is 0.497 e. The highest BCUT2D eigenvalue weighted by Gasteiger charge is 1.98. The Labute approximate surface area is 75.2 Å². The van der Waals surface area contributed by atoms with Gasteiger partial charge in [-0.1, -0.05) is 16.8 Å². The highest BCUT2D eigenvalue weighted by Crippen LogP contribution is 2.20. The van der Waals surface area contributed by atoms with Crippen molar-refractivity contribution in [1.82, 2.24) is 0 Å². The van der Waals surface area contributed by atoms with E-state index in [4.69, 9.17) is 21.5 Å². The summed E-state index contributed by atoms with van der Waals surface area (Å²) >= 11 is 5.77. The van der Waals surface area contributed by atoms with Gasteiger partial charge in [-0.2, -0.15) is 0 Å². The molecule has 0 aliphatic rings. The predicted molar refractivity (Wildman–Crippen MR) is 47.4 cm³/mol. The minimum Gasteiger partial charge on any atom is -0.497 e. The van der Waals surface area contributed by atoms with Crippen LogP contribution in [0.4, 0.5) is 0 Å². The number of nitrogens with zero attached hydrogens (tertiary/aromatic N) is 1. The van der Waals surface area contributed by atoms with Gasteiger partial charge in [0.25, 0.3) is 0 Å². The van der Waals surface area contributed by atoms with Gasteiger partial charge >= 0.3 is 0 Å². The molecule has 0 amide bonds. The van der Waals surface area contributed by atoms with Crippen molar-refractivity contribution in [3.8, 4) is 5.75 Å². The third-order valence-corrected chi connectivity index (χ3v) is 1.74. The van der Waals surface area contributed by atoms with Gasteiger partial charge < -0.3 is 9.94 Å². The van der Waals surface area contributed by atoms with Crippen molar-refractivity contribution in [1.29, 1.82) is 0 Å². The Balaban J connectivity index is 3.08. The third-order valence-electron chi connectivity index (χ3n) is 1.40. The first-order valence-electron chi connectivity index (χ1n) is 3.29. The van der Waals surface area contributed by atoms with Gasteiger partial charge in [-0.25, -0.2) is 0 Å². The third kappa shape index (κ3) is 1.89. The van der Waals surface area contributed by atoms with Crippen LogP contribution < -0.4 is 4.74 Å². The summed E-state index contributed by atoms with van der Waals surface area (Å²) in [7, 11) is 1.56. The molecule has 0 aliphatic carbocycles. The zero-order valence-electron chi connectivity index (χ0n) is 6.49. The number of ether oxygens (including phenoxy) is 1. The molecule has 0 bridgehead atoms. The van der Waals surface area contributed by atoms with Crippen LogP contribution in [0.2, 0.25) is 5.02 Å². The predicted octanol–water partition coefficient (Wildman–Crippen LogP) is 2.16. The molecule has 1 aromatic rings. The van der Waals surface area contributed by atoms with Gasteiger partial charge in [0, 0.05) is 10.6 Å². The van der Waals surface area contributed by atoms with Gasteiger partial charge in [0.05, 0.1) is 13.3 Å². The first-order chi connectivity index (χ1) is 5.77. The number of hydrogen-bond donors (Lipinski definition) is 1. The van der Waals surface area contributed by atoms with E-state index < -0.39 is 0 Å². The molecule has 64 valence electrons. The summed E-state index contributed by atoms with van der Waals surface area (Å²) in [6, 6.07) is 5.09. The van der Waals surface area contributed by atoms with E-state index in [9.17, 15) is 0 Å². The molecule has 0 aromatic heterocycles. The Morgan fingerprint density at radius 2 is 2.33 bits per heavy atom. The fraction of sp³-hybridized carbons (Fsp3) is 0.125. The normalized spacial score (nSPS) is 10.5. The van der Waals surface area contributed by atoms with E-state index in [1.807, 2.05) is 0 Å². The van der Waals surface area contributed by atoms with Gasteiger partial charge in [-0.15, -0.1) is 0 Å². The van der Waals surface area contributed by atoms with Crippen molar-refractivity contribution in [3.63, 3.8) is 0 Å². The maximum atomic E-state index is 8.28. The Hall–Kier alpha value is -1.22. The smallest absolute Gasteiger partial charge is 0.119 e. The van der Waals surface area contributed by atoms with Gasteiger partial charge in [0.1, 0.15) is 5.75 Å². The van der Waals surface area contributed by atoms with Crippen LogP contribution in [0.25, 0.3) is 0 Å². The molecule has 0 saturated carbocycles. The van der Waals surface area contributed by atoms with E-state index in [2.05, 4.69) is 5.16 Å². The lowest BCUT2D eigenvalue weighted by Gasteiger charge is -2.01. The summed E-state index contributed by atoms with van der Waals surface area (Å²) in [5.74, 6) is 0.675. The van der Waals surface area contributed by atoms with Crippen LogP contribution >= 0.6 is 11.6 Å². The number of halogens is 1. The Kier molecular flexibility index (Phi) is 2.94. The first kappa shape index (κ1) is 8.87. The molecule has 0 atom stereocenters. The van der Waals surface area contributed by atoms with E-state index in [1.54, 1.807) is 25.3 Å². The van der Waals surface area contributed by atoms with Crippen molar-refractivity contribution >= 4 is 17.8 Å². The highest BCUT2D eigenvalue weighted by molar-refractivity contribution is 6.33. The van der Waals surface area contributed by atoms with Gasteiger partial charge in [0.15, 0.2) is 0 Å². The van der Waals surface area contributed by atoms with Crippen LogP contribution in [0.1, 0.15) is 5.56 Å². The highest BCUT2D eigenvalue weighted by atomic mass is 35.5. The van der Waals surface area contributed by atoms with Crippen LogP contribution in [0.15, 0.2) is 23.4 Å². The van der Waals surface area contributed by atoms with E-state index in [-0.39, 0.29) is 0 Å². The van der Waals surface area contributed by atoms with Crippen LogP contribution in [-0.2, 0) is 0 Å². The van der Waals surface area contributed by atoms with E-state index >= 15 is 0 Å². The van der Waals surface area contributed by atoms with Crippen LogP contribution in [-0.4, -0.2) is 18.5 Å². The molecule has 0 spiro atoms. The van der Waals surface area contributed by atoms with Crippen LogP contribution in [0.3, 0.4) is 0 Å². The average molecular weight is 186 g/mol. The SMILES string of the molecule is COc1ccc(Cl)c(C=NO)c1. The van der Waals surface area contributed by atoms with Crippen molar-refractivity contribution in [3.05, 3.63) is 28.8 Å². The van der Waals surface area contributed by atoms with Crippen molar-refractivity contribution < 1.29 is 9.94 Å². The second-order valence-corrected chi connectivity index (χ2v) is 2.54. The lowest BCUT2D eigenvalue weighted by Crippen LogP contribution is -1.87. The number of benzene rings is 1. The van der Waals surface area contributed by atoms with Crippen molar-refractivity contribution in [2.75, 3.05) is 7.11 Å². The molecule has 1 aromatic carbocycles.